The second-order valence-electron chi connectivity index (χ2n) is 6.60. The van der Waals surface area contributed by atoms with Crippen molar-refractivity contribution in [3.05, 3.63) is 138 Å². The van der Waals surface area contributed by atoms with Gasteiger partial charge in [-0.2, -0.15) is 0 Å². The Bertz CT molecular complexity index is 891. The van der Waals surface area contributed by atoms with E-state index in [4.69, 9.17) is 0 Å². The SMILES string of the molecule is OC(c1ccccc1)(c1ccccn1)C(c1ccccc1)c1ccccc1. The molecule has 132 valence electrons. The van der Waals surface area contributed by atoms with E-state index in [1.54, 1.807) is 6.20 Å². The summed E-state index contributed by atoms with van der Waals surface area (Å²) in [6.07, 6.45) is 1.73. The van der Waals surface area contributed by atoms with Crippen LogP contribution in [0, 0.1) is 0 Å². The van der Waals surface area contributed by atoms with E-state index in [0.717, 1.165) is 16.7 Å². The van der Waals surface area contributed by atoms with Gasteiger partial charge in [-0.3, -0.25) is 4.98 Å². The Labute approximate surface area is 159 Å². The maximum absolute atomic E-state index is 12.3. The summed E-state index contributed by atoms with van der Waals surface area (Å²) in [5.74, 6) is -0.294. The van der Waals surface area contributed by atoms with Crippen molar-refractivity contribution in [1.82, 2.24) is 4.98 Å². The van der Waals surface area contributed by atoms with E-state index in [9.17, 15) is 5.11 Å². The van der Waals surface area contributed by atoms with E-state index >= 15 is 0 Å². The standard InChI is InChI=1S/C25H21NO/c27-25(22-16-8-3-9-17-22,23-18-10-11-19-26-23)24(20-12-4-1-5-13-20)21-14-6-2-7-15-21/h1-19,24,27H. The lowest BCUT2D eigenvalue weighted by Gasteiger charge is -2.37. The molecule has 1 N–H and O–H groups in total. The van der Waals surface area contributed by atoms with Crippen molar-refractivity contribution in [2.24, 2.45) is 0 Å². The predicted molar refractivity (Wildman–Crippen MR) is 108 cm³/mol. The number of hydrogen-bond acceptors (Lipinski definition) is 2. The summed E-state index contributed by atoms with van der Waals surface area (Å²) in [4.78, 5) is 4.55. The first-order chi connectivity index (χ1) is 13.3. The van der Waals surface area contributed by atoms with E-state index in [0.29, 0.717) is 5.69 Å². The number of aliphatic hydroxyl groups is 1. The molecule has 0 spiro atoms. The fourth-order valence-electron chi connectivity index (χ4n) is 3.71. The molecule has 0 radical (unpaired) electrons. The lowest BCUT2D eigenvalue weighted by atomic mass is 9.71. The number of benzene rings is 3. The highest BCUT2D eigenvalue weighted by Crippen LogP contribution is 2.45. The van der Waals surface area contributed by atoms with Crippen LogP contribution in [0.25, 0.3) is 0 Å². The Kier molecular flexibility index (Phi) is 4.82. The summed E-state index contributed by atoms with van der Waals surface area (Å²) in [6, 6.07) is 35.8. The van der Waals surface area contributed by atoms with Crippen molar-refractivity contribution < 1.29 is 5.11 Å². The number of pyridine rings is 1. The van der Waals surface area contributed by atoms with Crippen LogP contribution in [0.15, 0.2) is 115 Å². The normalized spacial score (nSPS) is 13.3. The van der Waals surface area contributed by atoms with E-state index in [2.05, 4.69) is 29.2 Å². The first-order valence-corrected chi connectivity index (χ1v) is 9.09. The Balaban J connectivity index is 2.01. The molecule has 2 nitrogen and oxygen atoms in total. The molecular formula is C25H21NO. The topological polar surface area (TPSA) is 33.1 Å². The Morgan fingerprint density at radius 1 is 0.593 bits per heavy atom. The first kappa shape index (κ1) is 17.2. The molecular weight excluding hydrogens is 330 g/mol. The summed E-state index contributed by atoms with van der Waals surface area (Å²) >= 11 is 0. The van der Waals surface area contributed by atoms with Crippen LogP contribution in [0.5, 0.6) is 0 Å². The largest absolute Gasteiger partial charge is 0.378 e. The molecule has 4 rings (SSSR count). The van der Waals surface area contributed by atoms with E-state index in [1.165, 1.54) is 0 Å². The molecule has 1 heterocycles. The van der Waals surface area contributed by atoms with Gasteiger partial charge in [0, 0.05) is 12.1 Å². The highest BCUT2D eigenvalue weighted by atomic mass is 16.3. The molecule has 1 aromatic heterocycles. The van der Waals surface area contributed by atoms with Crippen molar-refractivity contribution in [3.63, 3.8) is 0 Å². The van der Waals surface area contributed by atoms with Crippen LogP contribution in [0.1, 0.15) is 28.3 Å². The molecule has 0 amide bonds. The minimum absolute atomic E-state index is 0.294. The molecule has 27 heavy (non-hydrogen) atoms. The Morgan fingerprint density at radius 2 is 1.07 bits per heavy atom. The van der Waals surface area contributed by atoms with E-state index in [1.807, 2.05) is 84.9 Å². The third-order valence-corrected chi connectivity index (χ3v) is 4.95. The van der Waals surface area contributed by atoms with Crippen LogP contribution in [0.2, 0.25) is 0 Å². The van der Waals surface area contributed by atoms with E-state index < -0.39 is 5.60 Å². The van der Waals surface area contributed by atoms with Crippen molar-refractivity contribution in [2.45, 2.75) is 11.5 Å². The van der Waals surface area contributed by atoms with Gasteiger partial charge in [0.25, 0.3) is 0 Å². The molecule has 0 aliphatic carbocycles. The predicted octanol–water partition coefficient (Wildman–Crippen LogP) is 5.15. The molecule has 0 aliphatic rings. The number of hydrogen-bond donors (Lipinski definition) is 1. The van der Waals surface area contributed by atoms with Gasteiger partial charge in [0.15, 0.2) is 0 Å². The molecule has 0 bridgehead atoms. The average Bonchev–Trinajstić information content (AvgIpc) is 2.76. The van der Waals surface area contributed by atoms with Crippen LogP contribution in [0.3, 0.4) is 0 Å². The monoisotopic (exact) mass is 351 g/mol. The molecule has 1 unspecified atom stereocenters. The number of rotatable bonds is 5. The molecule has 2 heteroatoms. The third kappa shape index (κ3) is 3.27. The van der Waals surface area contributed by atoms with Gasteiger partial charge in [0.1, 0.15) is 5.60 Å². The molecule has 0 saturated carbocycles. The fourth-order valence-corrected chi connectivity index (χ4v) is 3.71. The van der Waals surface area contributed by atoms with Crippen molar-refractivity contribution in [2.75, 3.05) is 0 Å². The molecule has 4 aromatic rings. The maximum Gasteiger partial charge on any atom is 0.142 e. The number of aromatic nitrogens is 1. The molecule has 3 aromatic carbocycles. The van der Waals surface area contributed by atoms with Crippen LogP contribution in [0.4, 0.5) is 0 Å². The smallest absolute Gasteiger partial charge is 0.142 e. The van der Waals surface area contributed by atoms with Crippen molar-refractivity contribution >= 4 is 0 Å². The van der Waals surface area contributed by atoms with Gasteiger partial charge in [-0.25, -0.2) is 0 Å². The van der Waals surface area contributed by atoms with Crippen LogP contribution in [-0.4, -0.2) is 10.1 Å². The van der Waals surface area contributed by atoms with Crippen molar-refractivity contribution in [3.8, 4) is 0 Å². The van der Waals surface area contributed by atoms with Crippen LogP contribution >= 0.6 is 0 Å². The molecule has 1 atom stereocenters. The lowest BCUT2D eigenvalue weighted by molar-refractivity contribution is 0.0580. The Hall–Kier alpha value is -3.23. The quantitative estimate of drug-likeness (QED) is 0.539. The highest BCUT2D eigenvalue weighted by molar-refractivity contribution is 5.45. The Morgan fingerprint density at radius 3 is 1.56 bits per heavy atom. The lowest BCUT2D eigenvalue weighted by Crippen LogP contribution is -2.36. The number of nitrogens with zero attached hydrogens (tertiary/aromatic N) is 1. The zero-order valence-electron chi connectivity index (χ0n) is 14.9. The third-order valence-electron chi connectivity index (χ3n) is 4.95. The van der Waals surface area contributed by atoms with Gasteiger partial charge >= 0.3 is 0 Å². The minimum atomic E-state index is -1.30. The molecule has 0 aliphatic heterocycles. The zero-order valence-corrected chi connectivity index (χ0v) is 14.9. The maximum atomic E-state index is 12.3. The highest BCUT2D eigenvalue weighted by Gasteiger charge is 2.43. The molecule has 0 saturated heterocycles. The van der Waals surface area contributed by atoms with Crippen molar-refractivity contribution in [1.29, 1.82) is 0 Å². The summed E-state index contributed by atoms with van der Waals surface area (Å²) in [5, 5.41) is 12.3. The van der Waals surface area contributed by atoms with Gasteiger partial charge < -0.3 is 5.11 Å². The first-order valence-electron chi connectivity index (χ1n) is 9.09. The van der Waals surface area contributed by atoms with Gasteiger partial charge in [-0.15, -0.1) is 0 Å². The van der Waals surface area contributed by atoms with Gasteiger partial charge in [0.2, 0.25) is 0 Å². The molecule has 0 fully saturated rings. The summed E-state index contributed by atoms with van der Waals surface area (Å²) < 4.78 is 0. The van der Waals surface area contributed by atoms with Gasteiger partial charge in [0.05, 0.1) is 5.69 Å². The van der Waals surface area contributed by atoms with Gasteiger partial charge in [-0.1, -0.05) is 97.1 Å². The zero-order chi connectivity index (χ0) is 18.5. The van der Waals surface area contributed by atoms with E-state index in [-0.39, 0.29) is 5.92 Å². The van der Waals surface area contributed by atoms with Crippen LogP contribution < -0.4 is 0 Å². The van der Waals surface area contributed by atoms with Gasteiger partial charge in [-0.05, 0) is 28.8 Å². The van der Waals surface area contributed by atoms with Crippen LogP contribution in [-0.2, 0) is 5.60 Å². The summed E-state index contributed by atoms with van der Waals surface area (Å²) in [7, 11) is 0. The fraction of sp³-hybridized carbons (Fsp3) is 0.0800. The average molecular weight is 351 g/mol. The summed E-state index contributed by atoms with van der Waals surface area (Å²) in [5.41, 5.74) is 2.24. The minimum Gasteiger partial charge on any atom is -0.378 e. The second kappa shape index (κ2) is 7.56. The second-order valence-corrected chi connectivity index (χ2v) is 6.60. The summed E-state index contributed by atoms with van der Waals surface area (Å²) in [6.45, 7) is 0.